The van der Waals surface area contributed by atoms with Gasteiger partial charge in [0.2, 0.25) is 0 Å². The first kappa shape index (κ1) is 15.6. The standard InChI is InChI=1S/C19H18N2OS/c1-14(2)23-19-20-17(13-15-9-5-3-6-10-15)18(22)21(19)16-11-7-4-8-12-16/h3-14H,1-2H3/b17-13-. The molecular formula is C19H18N2OS. The van der Waals surface area contributed by atoms with Gasteiger partial charge < -0.3 is 0 Å². The van der Waals surface area contributed by atoms with E-state index in [2.05, 4.69) is 18.8 Å². The number of anilines is 1. The molecule has 0 atom stereocenters. The Morgan fingerprint density at radius 1 is 1.00 bits per heavy atom. The molecule has 0 aliphatic carbocycles. The highest BCUT2D eigenvalue weighted by molar-refractivity contribution is 8.14. The number of carbonyl (C=O) groups is 1. The molecule has 0 unspecified atom stereocenters. The fourth-order valence-electron chi connectivity index (χ4n) is 2.30. The molecule has 1 aliphatic rings. The SMILES string of the molecule is CC(C)SC1=N/C(=C\c2ccccc2)C(=O)N1c1ccccc1. The van der Waals surface area contributed by atoms with Crippen molar-refractivity contribution in [3.8, 4) is 0 Å². The van der Waals surface area contributed by atoms with Gasteiger partial charge >= 0.3 is 0 Å². The van der Waals surface area contributed by atoms with Gasteiger partial charge in [0.1, 0.15) is 5.70 Å². The third-order valence-electron chi connectivity index (χ3n) is 3.29. The predicted octanol–water partition coefficient (Wildman–Crippen LogP) is 4.57. The Kier molecular flexibility index (Phi) is 4.63. The van der Waals surface area contributed by atoms with Crippen LogP contribution in [0.5, 0.6) is 0 Å². The fraction of sp³-hybridized carbons (Fsp3) is 0.158. The molecule has 2 aromatic carbocycles. The van der Waals surface area contributed by atoms with Crippen molar-refractivity contribution < 1.29 is 4.79 Å². The summed E-state index contributed by atoms with van der Waals surface area (Å²) in [7, 11) is 0. The van der Waals surface area contributed by atoms with Crippen molar-refractivity contribution in [3.05, 3.63) is 71.9 Å². The van der Waals surface area contributed by atoms with Gasteiger partial charge in [-0.25, -0.2) is 4.99 Å². The van der Waals surface area contributed by atoms with Crippen LogP contribution in [-0.2, 0) is 4.79 Å². The molecule has 0 fully saturated rings. The second kappa shape index (κ2) is 6.84. The molecule has 0 radical (unpaired) electrons. The number of hydrogen-bond acceptors (Lipinski definition) is 3. The summed E-state index contributed by atoms with van der Waals surface area (Å²) < 4.78 is 0. The number of hydrogen-bond donors (Lipinski definition) is 0. The maximum Gasteiger partial charge on any atom is 0.283 e. The molecule has 3 nitrogen and oxygen atoms in total. The van der Waals surface area contributed by atoms with E-state index in [9.17, 15) is 4.79 Å². The Morgan fingerprint density at radius 3 is 2.22 bits per heavy atom. The molecule has 23 heavy (non-hydrogen) atoms. The zero-order valence-electron chi connectivity index (χ0n) is 13.1. The van der Waals surface area contributed by atoms with Gasteiger partial charge in [-0.2, -0.15) is 0 Å². The van der Waals surface area contributed by atoms with Crippen LogP contribution in [0.2, 0.25) is 0 Å². The zero-order valence-corrected chi connectivity index (χ0v) is 14.0. The molecule has 0 N–H and O–H groups in total. The van der Waals surface area contributed by atoms with Crippen molar-refractivity contribution in [2.24, 2.45) is 4.99 Å². The van der Waals surface area contributed by atoms with Crippen molar-refractivity contribution in [2.45, 2.75) is 19.1 Å². The molecule has 3 rings (SSSR count). The van der Waals surface area contributed by atoms with E-state index in [4.69, 9.17) is 0 Å². The lowest BCUT2D eigenvalue weighted by atomic mass is 10.2. The van der Waals surface area contributed by atoms with Crippen LogP contribution < -0.4 is 4.90 Å². The van der Waals surface area contributed by atoms with E-state index in [1.807, 2.05) is 66.7 Å². The average molecular weight is 322 g/mol. The highest BCUT2D eigenvalue weighted by Gasteiger charge is 2.32. The van der Waals surface area contributed by atoms with Crippen molar-refractivity contribution in [1.82, 2.24) is 0 Å². The lowest BCUT2D eigenvalue weighted by Gasteiger charge is -2.18. The summed E-state index contributed by atoms with van der Waals surface area (Å²) in [4.78, 5) is 19.1. The summed E-state index contributed by atoms with van der Waals surface area (Å²) in [6.45, 7) is 4.19. The molecule has 0 aromatic heterocycles. The molecule has 2 aromatic rings. The monoisotopic (exact) mass is 322 g/mol. The van der Waals surface area contributed by atoms with E-state index >= 15 is 0 Å². The quantitative estimate of drug-likeness (QED) is 0.775. The first-order valence-electron chi connectivity index (χ1n) is 7.57. The lowest BCUT2D eigenvalue weighted by Crippen LogP contribution is -2.30. The summed E-state index contributed by atoms with van der Waals surface area (Å²) in [6.07, 6.45) is 1.84. The van der Waals surface area contributed by atoms with E-state index in [1.165, 1.54) is 0 Å². The summed E-state index contributed by atoms with van der Waals surface area (Å²) >= 11 is 1.60. The average Bonchev–Trinajstić information content (AvgIpc) is 2.84. The van der Waals surface area contributed by atoms with Crippen LogP contribution in [0, 0.1) is 0 Å². The normalized spacial score (nSPS) is 16.3. The van der Waals surface area contributed by atoms with Crippen LogP contribution in [0.25, 0.3) is 6.08 Å². The number of aliphatic imine (C=N–C) groups is 1. The minimum Gasteiger partial charge on any atom is -0.266 e. The first-order valence-corrected chi connectivity index (χ1v) is 8.45. The molecule has 1 heterocycles. The molecule has 0 saturated heterocycles. The van der Waals surface area contributed by atoms with Crippen molar-refractivity contribution in [2.75, 3.05) is 4.90 Å². The van der Waals surface area contributed by atoms with Crippen LogP contribution in [0.1, 0.15) is 19.4 Å². The Balaban J connectivity index is 1.99. The van der Waals surface area contributed by atoms with Gasteiger partial charge in [-0.05, 0) is 23.8 Å². The van der Waals surface area contributed by atoms with E-state index < -0.39 is 0 Å². The van der Waals surface area contributed by atoms with E-state index in [0.29, 0.717) is 10.9 Å². The van der Waals surface area contributed by atoms with Crippen LogP contribution in [0.15, 0.2) is 71.4 Å². The van der Waals surface area contributed by atoms with Gasteiger partial charge in [-0.15, -0.1) is 0 Å². The molecule has 0 spiro atoms. The number of nitrogens with zero attached hydrogens (tertiary/aromatic N) is 2. The molecule has 1 aliphatic heterocycles. The van der Waals surface area contributed by atoms with Crippen LogP contribution in [0.4, 0.5) is 5.69 Å². The van der Waals surface area contributed by atoms with Crippen molar-refractivity contribution in [3.63, 3.8) is 0 Å². The minimum atomic E-state index is -0.0804. The Hall–Kier alpha value is -2.33. The van der Waals surface area contributed by atoms with Crippen molar-refractivity contribution in [1.29, 1.82) is 0 Å². The minimum absolute atomic E-state index is 0.0804. The van der Waals surface area contributed by atoms with Crippen LogP contribution in [-0.4, -0.2) is 16.3 Å². The maximum atomic E-state index is 12.8. The molecule has 116 valence electrons. The third kappa shape index (κ3) is 3.54. The number of thioether (sulfide) groups is 1. The lowest BCUT2D eigenvalue weighted by molar-refractivity contribution is -0.113. The maximum absolute atomic E-state index is 12.8. The van der Waals surface area contributed by atoms with E-state index in [0.717, 1.165) is 16.4 Å². The molecule has 4 heteroatoms. The van der Waals surface area contributed by atoms with E-state index in [1.54, 1.807) is 16.7 Å². The molecule has 0 saturated carbocycles. The van der Waals surface area contributed by atoms with Gasteiger partial charge in [-0.3, -0.25) is 9.69 Å². The molecular weight excluding hydrogens is 304 g/mol. The van der Waals surface area contributed by atoms with Crippen LogP contribution in [0.3, 0.4) is 0 Å². The summed E-state index contributed by atoms with van der Waals surface area (Å²) in [5.74, 6) is -0.0804. The van der Waals surface area contributed by atoms with Crippen molar-refractivity contribution >= 4 is 34.6 Å². The highest BCUT2D eigenvalue weighted by atomic mass is 32.2. The Morgan fingerprint density at radius 2 is 1.61 bits per heavy atom. The first-order chi connectivity index (χ1) is 11.1. The van der Waals surface area contributed by atoms with Gasteiger partial charge in [0.05, 0.1) is 5.69 Å². The summed E-state index contributed by atoms with van der Waals surface area (Å²) in [6, 6.07) is 19.5. The smallest absolute Gasteiger partial charge is 0.266 e. The predicted molar refractivity (Wildman–Crippen MR) is 98.5 cm³/mol. The highest BCUT2D eigenvalue weighted by Crippen LogP contribution is 2.30. The molecule has 0 bridgehead atoms. The Labute approximate surface area is 140 Å². The third-order valence-corrected chi connectivity index (χ3v) is 4.24. The number of amides is 1. The number of amidine groups is 1. The Bertz CT molecular complexity index is 751. The number of rotatable bonds is 3. The van der Waals surface area contributed by atoms with Gasteiger partial charge in [0, 0.05) is 5.25 Å². The number of carbonyl (C=O) groups excluding carboxylic acids is 1. The number of benzene rings is 2. The zero-order chi connectivity index (χ0) is 16.2. The topological polar surface area (TPSA) is 32.7 Å². The second-order valence-electron chi connectivity index (χ2n) is 5.48. The van der Waals surface area contributed by atoms with Gasteiger partial charge in [0.15, 0.2) is 5.17 Å². The second-order valence-corrected chi connectivity index (χ2v) is 7.02. The van der Waals surface area contributed by atoms with Gasteiger partial charge in [0.25, 0.3) is 5.91 Å². The van der Waals surface area contributed by atoms with Crippen LogP contribution >= 0.6 is 11.8 Å². The fourth-order valence-corrected chi connectivity index (χ4v) is 3.16. The van der Waals surface area contributed by atoms with E-state index in [-0.39, 0.29) is 5.91 Å². The molecule has 1 amide bonds. The summed E-state index contributed by atoms with van der Waals surface area (Å²) in [5.41, 5.74) is 2.30. The largest absolute Gasteiger partial charge is 0.283 e. The number of para-hydroxylation sites is 1. The summed E-state index contributed by atoms with van der Waals surface area (Å²) in [5, 5.41) is 1.09. The van der Waals surface area contributed by atoms with Gasteiger partial charge in [-0.1, -0.05) is 74.1 Å².